The lowest BCUT2D eigenvalue weighted by Gasteiger charge is -2.28. The molecule has 0 fully saturated rings. The molecule has 0 aliphatic heterocycles. The van der Waals surface area contributed by atoms with Crippen LogP contribution in [-0.4, -0.2) is 50.1 Å². The van der Waals surface area contributed by atoms with Crippen molar-refractivity contribution in [3.63, 3.8) is 0 Å². The molecule has 0 saturated heterocycles. The summed E-state index contributed by atoms with van der Waals surface area (Å²) in [5, 5.41) is 5.88. The summed E-state index contributed by atoms with van der Waals surface area (Å²) in [4.78, 5) is 46.9. The maximum absolute atomic E-state index is 12.1. The molecule has 200 valence electrons. The van der Waals surface area contributed by atoms with Gasteiger partial charge in [0.25, 0.3) is 0 Å². The third-order valence-corrected chi connectivity index (χ3v) is 5.14. The minimum atomic E-state index is -0.316. The Morgan fingerprint density at radius 3 is 1.74 bits per heavy atom. The molecule has 1 atom stereocenters. The van der Waals surface area contributed by atoms with Crippen LogP contribution in [0.1, 0.15) is 86.0 Å². The molecule has 35 heavy (non-hydrogen) atoms. The predicted octanol–water partition coefficient (Wildman–Crippen LogP) is 4.24. The van der Waals surface area contributed by atoms with Crippen molar-refractivity contribution in [3.8, 4) is 0 Å². The van der Waals surface area contributed by atoms with Crippen LogP contribution in [0.3, 0.4) is 0 Å². The lowest BCUT2D eigenvalue weighted by atomic mass is 9.82. The Hall–Kier alpha value is -2.64. The van der Waals surface area contributed by atoms with Crippen LogP contribution in [0.4, 0.5) is 0 Å². The second-order valence-electron chi connectivity index (χ2n) is 10.3. The number of hydrogen-bond donors (Lipinski definition) is 2. The molecule has 8 nitrogen and oxygen atoms in total. The summed E-state index contributed by atoms with van der Waals surface area (Å²) in [6.45, 7) is 18.8. The smallest absolute Gasteiger partial charge is 0.309 e. The summed E-state index contributed by atoms with van der Waals surface area (Å²) in [6.07, 6.45) is 3.76. The average Bonchev–Trinajstić information content (AvgIpc) is 2.71. The van der Waals surface area contributed by atoms with E-state index in [1.54, 1.807) is 13.8 Å². The van der Waals surface area contributed by atoms with Crippen LogP contribution in [0.15, 0.2) is 24.3 Å². The fourth-order valence-corrected chi connectivity index (χ4v) is 3.52. The Balaban J connectivity index is 3.94. The molecule has 0 spiro atoms. The van der Waals surface area contributed by atoms with E-state index in [2.05, 4.69) is 44.6 Å². The molecule has 0 aromatic rings. The first-order chi connectivity index (χ1) is 16.3. The predicted molar refractivity (Wildman–Crippen MR) is 137 cm³/mol. The zero-order valence-electron chi connectivity index (χ0n) is 22.4. The molecule has 0 rings (SSSR count). The fraction of sp³-hybridized carbons (Fsp3) is 0.704. The molecule has 0 aromatic heterocycles. The number of carbonyl (C=O) groups is 4. The average molecular weight is 495 g/mol. The summed E-state index contributed by atoms with van der Waals surface area (Å²) in [5.74, 6) is -0.364. The largest absolute Gasteiger partial charge is 0.465 e. The van der Waals surface area contributed by atoms with Gasteiger partial charge in [0.15, 0.2) is 0 Å². The van der Waals surface area contributed by atoms with Gasteiger partial charge in [0.2, 0.25) is 11.8 Å². The van der Waals surface area contributed by atoms with E-state index < -0.39 is 0 Å². The maximum atomic E-state index is 12.1. The van der Waals surface area contributed by atoms with Crippen LogP contribution < -0.4 is 10.6 Å². The molecule has 2 amide bonds. The van der Waals surface area contributed by atoms with Crippen molar-refractivity contribution in [1.29, 1.82) is 0 Å². The third-order valence-electron chi connectivity index (χ3n) is 5.14. The molecule has 0 bridgehead atoms. The molecular weight excluding hydrogens is 448 g/mol. The first-order valence-corrected chi connectivity index (χ1v) is 12.4. The van der Waals surface area contributed by atoms with Crippen molar-refractivity contribution >= 4 is 23.8 Å². The van der Waals surface area contributed by atoms with Gasteiger partial charge in [-0.05, 0) is 50.9 Å². The number of rotatable bonds is 19. The number of hydrogen-bond acceptors (Lipinski definition) is 6. The lowest BCUT2D eigenvalue weighted by molar-refractivity contribution is -0.144. The molecular formula is C27H46N2O6. The monoisotopic (exact) mass is 494 g/mol. The summed E-state index contributed by atoms with van der Waals surface area (Å²) < 4.78 is 10.1. The zero-order chi connectivity index (χ0) is 26.9. The summed E-state index contributed by atoms with van der Waals surface area (Å²) in [5.41, 5.74) is 1.42. The van der Waals surface area contributed by atoms with Crippen molar-refractivity contribution in [2.45, 2.75) is 86.0 Å². The van der Waals surface area contributed by atoms with Crippen LogP contribution in [0.2, 0.25) is 0 Å². The van der Waals surface area contributed by atoms with Crippen LogP contribution in [0.5, 0.6) is 0 Å². The minimum absolute atomic E-state index is 0.0509. The second-order valence-corrected chi connectivity index (χ2v) is 10.3. The lowest BCUT2D eigenvalue weighted by Crippen LogP contribution is -2.35. The highest BCUT2D eigenvalue weighted by Gasteiger charge is 2.22. The molecule has 0 saturated carbocycles. The summed E-state index contributed by atoms with van der Waals surface area (Å²) in [7, 11) is 0. The van der Waals surface area contributed by atoms with E-state index in [1.165, 1.54) is 0 Å². The fourth-order valence-electron chi connectivity index (χ4n) is 3.52. The van der Waals surface area contributed by atoms with E-state index >= 15 is 0 Å². The highest BCUT2D eigenvalue weighted by atomic mass is 16.5. The highest BCUT2D eigenvalue weighted by molar-refractivity contribution is 5.76. The normalized spacial score (nSPS) is 11.8. The first kappa shape index (κ1) is 32.4. The van der Waals surface area contributed by atoms with Gasteiger partial charge < -0.3 is 20.1 Å². The van der Waals surface area contributed by atoms with Gasteiger partial charge in [-0.3, -0.25) is 19.2 Å². The zero-order valence-corrected chi connectivity index (χ0v) is 22.4. The summed E-state index contributed by atoms with van der Waals surface area (Å²) in [6, 6.07) is 0. The van der Waals surface area contributed by atoms with Crippen molar-refractivity contribution in [2.75, 3.05) is 26.3 Å². The number of ether oxygens (including phenoxy) is 2. The number of nitrogens with one attached hydrogen (secondary N) is 2. The molecule has 1 unspecified atom stereocenters. The van der Waals surface area contributed by atoms with Crippen LogP contribution >= 0.6 is 0 Å². The van der Waals surface area contributed by atoms with E-state index in [0.717, 1.165) is 24.0 Å². The van der Waals surface area contributed by atoms with Crippen molar-refractivity contribution in [2.24, 2.45) is 11.3 Å². The van der Waals surface area contributed by atoms with E-state index in [1.807, 2.05) is 0 Å². The maximum Gasteiger partial charge on any atom is 0.309 e. The van der Waals surface area contributed by atoms with Gasteiger partial charge in [0.1, 0.15) is 0 Å². The highest BCUT2D eigenvalue weighted by Crippen LogP contribution is 2.26. The Labute approximate surface area is 211 Å². The number of carbonyl (C=O) groups excluding carboxylic acids is 4. The molecule has 2 N–H and O–H groups in total. The van der Waals surface area contributed by atoms with Crippen LogP contribution in [0, 0.1) is 11.3 Å². The molecule has 0 aliphatic carbocycles. The Morgan fingerprint density at radius 1 is 0.829 bits per heavy atom. The quantitative estimate of drug-likeness (QED) is 0.158. The number of amides is 2. The van der Waals surface area contributed by atoms with Crippen LogP contribution in [-0.2, 0) is 28.7 Å². The van der Waals surface area contributed by atoms with E-state index in [0.29, 0.717) is 44.7 Å². The molecule has 0 aliphatic rings. The second kappa shape index (κ2) is 17.7. The first-order valence-electron chi connectivity index (χ1n) is 12.4. The van der Waals surface area contributed by atoms with Gasteiger partial charge in [-0.25, -0.2) is 0 Å². The van der Waals surface area contributed by atoms with Gasteiger partial charge >= 0.3 is 11.9 Å². The Morgan fingerprint density at radius 2 is 1.29 bits per heavy atom. The van der Waals surface area contributed by atoms with E-state index in [-0.39, 0.29) is 55.2 Å². The van der Waals surface area contributed by atoms with Gasteiger partial charge in [-0.2, -0.15) is 0 Å². The van der Waals surface area contributed by atoms with Crippen molar-refractivity contribution < 1.29 is 28.7 Å². The minimum Gasteiger partial charge on any atom is -0.465 e. The van der Waals surface area contributed by atoms with Gasteiger partial charge in [-0.15, -0.1) is 0 Å². The molecule has 0 heterocycles. The molecule has 0 aromatic carbocycles. The van der Waals surface area contributed by atoms with Gasteiger partial charge in [-0.1, -0.05) is 45.1 Å². The van der Waals surface area contributed by atoms with Crippen LogP contribution in [0.25, 0.3) is 0 Å². The molecule has 8 heteroatoms. The molecule has 0 radical (unpaired) electrons. The Kier molecular flexibility index (Phi) is 16.4. The van der Waals surface area contributed by atoms with Gasteiger partial charge in [0, 0.05) is 25.9 Å². The summed E-state index contributed by atoms with van der Waals surface area (Å²) >= 11 is 0. The van der Waals surface area contributed by atoms with Gasteiger partial charge in [0.05, 0.1) is 26.1 Å². The van der Waals surface area contributed by atoms with E-state index in [4.69, 9.17) is 9.47 Å². The SMILES string of the molecule is C=C(C)CC(=O)OCCCC(=O)NCCC(C)CC(C)(C)CNC(=O)CCCOC(=O)CC(=C)C. The van der Waals surface area contributed by atoms with E-state index in [9.17, 15) is 19.2 Å². The topological polar surface area (TPSA) is 111 Å². The third kappa shape index (κ3) is 20.4. The van der Waals surface area contributed by atoms with Crippen molar-refractivity contribution in [3.05, 3.63) is 24.3 Å². The number of esters is 2. The van der Waals surface area contributed by atoms with Crippen molar-refractivity contribution in [1.82, 2.24) is 10.6 Å². The standard InChI is InChI=1S/C27H46N2O6/c1-20(2)16-25(32)34-14-8-10-23(30)28-13-12-22(5)18-27(6,7)19-29-24(31)11-9-15-35-26(33)17-21(3)4/h22H,1,3,8-19H2,2,4-7H3,(H,28,30)(H,29,31). The Bertz CT molecular complexity index is 729.